The number of carbonyl (C=O) groups excluding carboxylic acids is 1. The summed E-state index contributed by atoms with van der Waals surface area (Å²) < 4.78 is 6.43. The molecule has 94 valence electrons. The van der Waals surface area contributed by atoms with Crippen molar-refractivity contribution < 1.29 is 9.53 Å². The second-order valence-electron chi connectivity index (χ2n) is 4.12. The van der Waals surface area contributed by atoms with E-state index in [-0.39, 0.29) is 11.9 Å². The average molecular weight is 325 g/mol. The molecule has 0 aliphatic heterocycles. The molecule has 0 atom stereocenters. The molecule has 4 heteroatoms. The monoisotopic (exact) mass is 324 g/mol. The molecule has 0 saturated heterocycles. The molecule has 0 bridgehead atoms. The van der Waals surface area contributed by atoms with Crippen molar-refractivity contribution in [1.29, 1.82) is 0 Å². The zero-order valence-corrected chi connectivity index (χ0v) is 12.5. The molecular formula is C14H13BrO2S. The van der Waals surface area contributed by atoms with E-state index in [1.165, 1.54) is 11.3 Å². The van der Waals surface area contributed by atoms with Crippen molar-refractivity contribution in [3.8, 4) is 5.75 Å². The van der Waals surface area contributed by atoms with E-state index in [2.05, 4.69) is 15.9 Å². The van der Waals surface area contributed by atoms with Crippen LogP contribution in [0.2, 0.25) is 0 Å². The number of hydrogen-bond acceptors (Lipinski definition) is 3. The lowest BCUT2D eigenvalue weighted by Gasteiger charge is -2.10. The Morgan fingerprint density at radius 1 is 1.33 bits per heavy atom. The summed E-state index contributed by atoms with van der Waals surface area (Å²) in [7, 11) is 0. The molecule has 2 nitrogen and oxygen atoms in total. The minimum atomic E-state index is 0.0195. The van der Waals surface area contributed by atoms with Crippen LogP contribution in [0.25, 0.3) is 0 Å². The molecule has 0 radical (unpaired) electrons. The number of carbonyl (C=O) groups is 1. The molecular weight excluding hydrogens is 312 g/mol. The van der Waals surface area contributed by atoms with E-state index < -0.39 is 0 Å². The van der Waals surface area contributed by atoms with Crippen LogP contribution in [0.15, 0.2) is 40.2 Å². The molecule has 0 N–H and O–H groups in total. The Morgan fingerprint density at radius 2 is 2.11 bits per heavy atom. The fourth-order valence-corrected chi connectivity index (χ4v) is 3.08. The molecule has 0 fully saturated rings. The number of ether oxygens (including phenoxy) is 1. The van der Waals surface area contributed by atoms with Crippen LogP contribution < -0.4 is 4.74 Å². The zero-order chi connectivity index (χ0) is 13.1. The van der Waals surface area contributed by atoms with Crippen LogP contribution in [0, 0.1) is 0 Å². The fourth-order valence-electron chi connectivity index (χ4n) is 1.57. The third-order valence-corrected chi connectivity index (χ3v) is 4.13. The largest absolute Gasteiger partial charge is 0.491 e. The predicted octanol–water partition coefficient (Wildman–Crippen LogP) is 4.53. The molecule has 1 heterocycles. The van der Waals surface area contributed by atoms with Crippen LogP contribution in [0.4, 0.5) is 0 Å². The van der Waals surface area contributed by atoms with Gasteiger partial charge < -0.3 is 4.74 Å². The van der Waals surface area contributed by atoms with Gasteiger partial charge in [0.05, 0.1) is 11.0 Å². The first kappa shape index (κ1) is 13.3. The number of hydrogen-bond donors (Lipinski definition) is 0. The summed E-state index contributed by atoms with van der Waals surface area (Å²) >= 11 is 4.82. The summed E-state index contributed by atoms with van der Waals surface area (Å²) in [6.45, 7) is 3.93. The number of ketones is 1. The average Bonchev–Trinajstić information content (AvgIpc) is 2.74. The third-order valence-electron chi connectivity index (χ3n) is 2.29. The van der Waals surface area contributed by atoms with Gasteiger partial charge >= 0.3 is 0 Å². The minimum absolute atomic E-state index is 0.0195. The SMILES string of the molecule is CC(C)Oc1cccc(C(=O)c2sccc2Br)c1. The van der Waals surface area contributed by atoms with Crippen molar-refractivity contribution in [3.05, 3.63) is 50.6 Å². The van der Waals surface area contributed by atoms with Crippen molar-refractivity contribution in [3.63, 3.8) is 0 Å². The van der Waals surface area contributed by atoms with E-state index in [1.54, 1.807) is 6.07 Å². The fraction of sp³-hybridized carbons (Fsp3) is 0.214. The molecule has 0 amide bonds. The molecule has 2 rings (SSSR count). The number of rotatable bonds is 4. The van der Waals surface area contributed by atoms with Crippen LogP contribution in [-0.2, 0) is 0 Å². The van der Waals surface area contributed by atoms with Gasteiger partial charge in [0.25, 0.3) is 0 Å². The zero-order valence-electron chi connectivity index (χ0n) is 10.1. The van der Waals surface area contributed by atoms with Crippen molar-refractivity contribution >= 4 is 33.0 Å². The van der Waals surface area contributed by atoms with Crippen LogP contribution in [0.5, 0.6) is 5.75 Å². The lowest BCUT2D eigenvalue weighted by atomic mass is 10.1. The highest BCUT2D eigenvalue weighted by molar-refractivity contribution is 9.10. The Labute approximate surface area is 119 Å². The highest BCUT2D eigenvalue weighted by atomic mass is 79.9. The molecule has 0 aliphatic carbocycles. The molecule has 2 aromatic rings. The molecule has 0 unspecified atom stereocenters. The van der Waals surface area contributed by atoms with Crippen LogP contribution in [0.3, 0.4) is 0 Å². The standard InChI is InChI=1S/C14H13BrO2S/c1-9(2)17-11-5-3-4-10(8-11)13(16)14-12(15)6-7-18-14/h3-9H,1-2H3. The minimum Gasteiger partial charge on any atom is -0.491 e. The maximum atomic E-state index is 12.3. The Hall–Kier alpha value is -1.13. The van der Waals surface area contributed by atoms with Gasteiger partial charge in [-0.05, 0) is 53.4 Å². The summed E-state index contributed by atoms with van der Waals surface area (Å²) in [5.74, 6) is 0.745. The lowest BCUT2D eigenvalue weighted by molar-refractivity contribution is 0.104. The molecule has 1 aromatic carbocycles. The van der Waals surface area contributed by atoms with Crippen molar-refractivity contribution in [2.45, 2.75) is 20.0 Å². The van der Waals surface area contributed by atoms with Gasteiger partial charge in [0.15, 0.2) is 0 Å². The second-order valence-corrected chi connectivity index (χ2v) is 5.89. The number of halogens is 1. The maximum absolute atomic E-state index is 12.3. The van der Waals surface area contributed by atoms with E-state index in [4.69, 9.17) is 4.74 Å². The first-order chi connectivity index (χ1) is 8.58. The highest BCUT2D eigenvalue weighted by Gasteiger charge is 2.14. The van der Waals surface area contributed by atoms with Crippen molar-refractivity contribution in [2.24, 2.45) is 0 Å². The summed E-state index contributed by atoms with van der Waals surface area (Å²) in [5, 5.41) is 1.89. The van der Waals surface area contributed by atoms with Crippen molar-refractivity contribution in [1.82, 2.24) is 0 Å². The van der Waals surface area contributed by atoms with Gasteiger partial charge in [-0.1, -0.05) is 12.1 Å². The van der Waals surface area contributed by atoms with Gasteiger partial charge in [0.2, 0.25) is 5.78 Å². The first-order valence-corrected chi connectivity index (χ1v) is 7.29. The van der Waals surface area contributed by atoms with Gasteiger partial charge in [-0.3, -0.25) is 4.79 Å². The Balaban J connectivity index is 2.29. The van der Waals surface area contributed by atoms with E-state index in [1.807, 2.05) is 43.5 Å². The van der Waals surface area contributed by atoms with E-state index in [9.17, 15) is 4.79 Å². The Bertz CT molecular complexity index is 560. The van der Waals surface area contributed by atoms with E-state index in [0.29, 0.717) is 5.56 Å². The smallest absolute Gasteiger partial charge is 0.204 e. The highest BCUT2D eigenvalue weighted by Crippen LogP contribution is 2.26. The van der Waals surface area contributed by atoms with Crippen molar-refractivity contribution in [2.75, 3.05) is 0 Å². The summed E-state index contributed by atoms with van der Waals surface area (Å²) in [6, 6.07) is 9.18. The van der Waals surface area contributed by atoms with Gasteiger partial charge in [-0.2, -0.15) is 0 Å². The maximum Gasteiger partial charge on any atom is 0.204 e. The molecule has 1 aromatic heterocycles. The topological polar surface area (TPSA) is 26.3 Å². The van der Waals surface area contributed by atoms with Crippen LogP contribution >= 0.6 is 27.3 Å². The van der Waals surface area contributed by atoms with Crippen LogP contribution in [-0.4, -0.2) is 11.9 Å². The van der Waals surface area contributed by atoms with Gasteiger partial charge in [-0.15, -0.1) is 11.3 Å². The summed E-state index contributed by atoms with van der Waals surface area (Å²) in [4.78, 5) is 13.0. The molecule has 0 spiro atoms. The molecule has 0 saturated carbocycles. The number of benzene rings is 1. The van der Waals surface area contributed by atoms with E-state index >= 15 is 0 Å². The normalized spacial score (nSPS) is 10.7. The van der Waals surface area contributed by atoms with Gasteiger partial charge in [0, 0.05) is 10.0 Å². The van der Waals surface area contributed by atoms with Crippen LogP contribution in [0.1, 0.15) is 29.1 Å². The summed E-state index contributed by atoms with van der Waals surface area (Å²) in [6.07, 6.45) is 0.101. The van der Waals surface area contributed by atoms with Gasteiger partial charge in [-0.25, -0.2) is 0 Å². The molecule has 18 heavy (non-hydrogen) atoms. The first-order valence-electron chi connectivity index (χ1n) is 5.62. The Kier molecular flexibility index (Phi) is 4.19. The Morgan fingerprint density at radius 3 is 2.72 bits per heavy atom. The van der Waals surface area contributed by atoms with E-state index in [0.717, 1.165) is 15.1 Å². The lowest BCUT2D eigenvalue weighted by Crippen LogP contribution is -2.06. The second kappa shape index (κ2) is 5.67. The number of thiophene rings is 1. The van der Waals surface area contributed by atoms with Gasteiger partial charge in [0.1, 0.15) is 5.75 Å². The predicted molar refractivity (Wildman–Crippen MR) is 77.7 cm³/mol. The quantitative estimate of drug-likeness (QED) is 0.772. The summed E-state index contributed by atoms with van der Waals surface area (Å²) in [5.41, 5.74) is 0.649. The third kappa shape index (κ3) is 3.00. The molecule has 0 aliphatic rings.